The molecule has 0 saturated heterocycles. The SMILES string of the molecule is CCCN(C)c1ccc(/C=C/c2ccc(/C=C/C3=C(C#N)C(=C(C#N)C#N)CC3(c3ccccc3)C(F)(F)F)s2)c(OCc2ccccc2)c1. The summed E-state index contributed by atoms with van der Waals surface area (Å²) in [6.45, 7) is 3.43. The van der Waals surface area contributed by atoms with Crippen LogP contribution in [0, 0.1) is 34.0 Å². The number of benzene rings is 3. The Labute approximate surface area is 294 Å². The van der Waals surface area contributed by atoms with Gasteiger partial charge in [0.25, 0.3) is 0 Å². The van der Waals surface area contributed by atoms with Crippen LogP contribution in [-0.2, 0) is 12.0 Å². The van der Waals surface area contributed by atoms with Crippen LogP contribution in [0.5, 0.6) is 5.75 Å². The van der Waals surface area contributed by atoms with Gasteiger partial charge in [-0.05, 0) is 72.0 Å². The molecule has 9 heteroatoms. The van der Waals surface area contributed by atoms with Crippen LogP contribution in [-0.4, -0.2) is 19.8 Å². The molecule has 0 spiro atoms. The first-order valence-electron chi connectivity index (χ1n) is 15.9. The molecule has 250 valence electrons. The summed E-state index contributed by atoms with van der Waals surface area (Å²) < 4.78 is 51.9. The smallest absolute Gasteiger partial charge is 0.402 e. The van der Waals surface area contributed by atoms with Crippen LogP contribution in [0.3, 0.4) is 0 Å². The molecule has 0 aliphatic heterocycles. The molecular weight excluding hydrogens is 654 g/mol. The van der Waals surface area contributed by atoms with Gasteiger partial charge < -0.3 is 9.64 Å². The quantitative estimate of drug-likeness (QED) is 0.147. The summed E-state index contributed by atoms with van der Waals surface area (Å²) >= 11 is 1.37. The van der Waals surface area contributed by atoms with Crippen molar-refractivity contribution in [3.63, 3.8) is 0 Å². The summed E-state index contributed by atoms with van der Waals surface area (Å²) in [4.78, 5) is 3.69. The number of ether oxygens (including phenoxy) is 1. The van der Waals surface area contributed by atoms with E-state index in [4.69, 9.17) is 4.74 Å². The largest absolute Gasteiger partial charge is 0.488 e. The Bertz CT molecular complexity index is 2080. The lowest BCUT2D eigenvalue weighted by Gasteiger charge is -2.34. The monoisotopic (exact) mass is 686 g/mol. The summed E-state index contributed by atoms with van der Waals surface area (Å²) in [5.74, 6) is 0.724. The molecule has 1 aliphatic rings. The van der Waals surface area contributed by atoms with E-state index in [1.165, 1.54) is 41.7 Å². The zero-order valence-electron chi connectivity index (χ0n) is 27.5. The zero-order chi connectivity index (χ0) is 35.7. The molecule has 1 aromatic heterocycles. The third-order valence-corrected chi connectivity index (χ3v) is 9.60. The fourth-order valence-electron chi connectivity index (χ4n) is 6.06. The average Bonchev–Trinajstić information content (AvgIpc) is 3.73. The van der Waals surface area contributed by atoms with E-state index in [9.17, 15) is 15.8 Å². The number of halogens is 3. The first-order chi connectivity index (χ1) is 24.1. The third kappa shape index (κ3) is 7.42. The number of hydrogen-bond donors (Lipinski definition) is 0. The van der Waals surface area contributed by atoms with E-state index in [0.29, 0.717) is 11.5 Å². The Morgan fingerprint density at radius 1 is 0.880 bits per heavy atom. The molecular formula is C41H33F3N4OS. The Kier molecular flexibility index (Phi) is 11.1. The second kappa shape index (κ2) is 15.6. The first kappa shape index (κ1) is 35.5. The Morgan fingerprint density at radius 2 is 1.52 bits per heavy atom. The van der Waals surface area contributed by atoms with Crippen molar-refractivity contribution in [3.05, 3.63) is 146 Å². The Hall–Kier alpha value is -5.82. The molecule has 5 rings (SSSR count). The molecule has 3 aromatic carbocycles. The molecule has 0 amide bonds. The van der Waals surface area contributed by atoms with Gasteiger partial charge in [0.1, 0.15) is 35.5 Å². The third-order valence-electron chi connectivity index (χ3n) is 8.58. The standard InChI is InChI=1S/C41H33F3N4OS/c1-3-22-48(2)33-16-14-30(39(23-33)49-28-29-10-6-4-7-11-29)15-17-34-18-19-35(50-34)20-21-38-37(27-47)36(31(25-45)26-46)24-40(38,41(42,43)44)32-12-8-5-9-13-32/h4-21,23H,3,22,24,28H2,1-2H3/b17-15+,21-20+. The molecule has 0 radical (unpaired) electrons. The fraction of sp³-hybridized carbons (Fsp3) is 0.195. The number of rotatable bonds is 11. The van der Waals surface area contributed by atoms with Gasteiger partial charge in [-0.3, -0.25) is 0 Å². The summed E-state index contributed by atoms with van der Waals surface area (Å²) in [5, 5.41) is 29.2. The van der Waals surface area contributed by atoms with Gasteiger partial charge >= 0.3 is 6.18 Å². The van der Waals surface area contributed by atoms with Gasteiger partial charge in [0.15, 0.2) is 0 Å². The summed E-state index contributed by atoms with van der Waals surface area (Å²) in [5.41, 5.74) is -1.05. The number of allylic oxidation sites excluding steroid dienone is 5. The lowest BCUT2D eigenvalue weighted by molar-refractivity contribution is -0.176. The van der Waals surface area contributed by atoms with Crippen LogP contribution < -0.4 is 9.64 Å². The van der Waals surface area contributed by atoms with E-state index in [-0.39, 0.29) is 22.3 Å². The van der Waals surface area contributed by atoms with Crippen molar-refractivity contribution in [1.82, 2.24) is 0 Å². The molecule has 0 fully saturated rings. The van der Waals surface area contributed by atoms with Gasteiger partial charge in [0.05, 0.1) is 11.6 Å². The van der Waals surface area contributed by atoms with Crippen LogP contribution >= 0.6 is 11.3 Å². The number of nitriles is 3. The lowest BCUT2D eigenvalue weighted by Crippen LogP contribution is -2.42. The maximum Gasteiger partial charge on any atom is 0.402 e. The van der Waals surface area contributed by atoms with Crippen molar-refractivity contribution < 1.29 is 17.9 Å². The van der Waals surface area contributed by atoms with Gasteiger partial charge in [-0.15, -0.1) is 11.3 Å². The van der Waals surface area contributed by atoms with Crippen molar-refractivity contribution in [1.29, 1.82) is 15.8 Å². The van der Waals surface area contributed by atoms with Crippen molar-refractivity contribution in [3.8, 4) is 24.0 Å². The van der Waals surface area contributed by atoms with Gasteiger partial charge in [0, 0.05) is 46.2 Å². The number of anilines is 1. The van der Waals surface area contributed by atoms with Gasteiger partial charge in [0.2, 0.25) is 0 Å². The summed E-state index contributed by atoms with van der Waals surface area (Å²) in [6.07, 6.45) is 2.17. The molecule has 4 aromatic rings. The fourth-order valence-corrected chi connectivity index (χ4v) is 6.87. The molecule has 0 saturated carbocycles. The van der Waals surface area contributed by atoms with Crippen LogP contribution in [0.25, 0.3) is 18.2 Å². The highest BCUT2D eigenvalue weighted by Crippen LogP contribution is 2.57. The predicted molar refractivity (Wildman–Crippen MR) is 193 cm³/mol. The second-order valence-electron chi connectivity index (χ2n) is 11.7. The normalized spacial score (nSPS) is 16.0. The van der Waals surface area contributed by atoms with E-state index in [2.05, 4.69) is 11.8 Å². The van der Waals surface area contributed by atoms with Gasteiger partial charge in [-0.25, -0.2) is 0 Å². The van der Waals surface area contributed by atoms with Crippen LogP contribution in [0.15, 0.2) is 119 Å². The molecule has 1 atom stereocenters. The van der Waals surface area contributed by atoms with Gasteiger partial charge in [-0.1, -0.05) is 73.7 Å². The van der Waals surface area contributed by atoms with Crippen molar-refractivity contribution in [2.45, 2.75) is 38.0 Å². The topological polar surface area (TPSA) is 83.8 Å². The highest BCUT2D eigenvalue weighted by molar-refractivity contribution is 7.13. The van der Waals surface area contributed by atoms with E-state index in [1.54, 1.807) is 30.3 Å². The number of hydrogen-bond acceptors (Lipinski definition) is 6. The molecule has 1 unspecified atom stereocenters. The van der Waals surface area contributed by atoms with E-state index in [1.807, 2.05) is 79.9 Å². The summed E-state index contributed by atoms with van der Waals surface area (Å²) in [6, 6.07) is 32.2. The number of alkyl halides is 3. The van der Waals surface area contributed by atoms with Crippen molar-refractivity contribution in [2.75, 3.05) is 18.5 Å². The van der Waals surface area contributed by atoms with Gasteiger partial charge in [-0.2, -0.15) is 29.0 Å². The van der Waals surface area contributed by atoms with Crippen LogP contribution in [0.1, 0.15) is 46.2 Å². The van der Waals surface area contributed by atoms with E-state index >= 15 is 13.2 Å². The minimum atomic E-state index is -4.83. The maximum absolute atomic E-state index is 15.2. The molecule has 0 bridgehead atoms. The Morgan fingerprint density at radius 3 is 2.12 bits per heavy atom. The minimum absolute atomic E-state index is 0.0721. The second-order valence-corrected chi connectivity index (χ2v) is 12.9. The van der Waals surface area contributed by atoms with Crippen molar-refractivity contribution in [2.24, 2.45) is 0 Å². The molecule has 1 aliphatic carbocycles. The number of nitrogens with zero attached hydrogens (tertiary/aromatic N) is 4. The molecule has 5 nitrogen and oxygen atoms in total. The highest BCUT2D eigenvalue weighted by Gasteiger charge is 2.62. The van der Waals surface area contributed by atoms with Crippen molar-refractivity contribution >= 4 is 35.3 Å². The molecule has 1 heterocycles. The maximum atomic E-state index is 15.2. The van der Waals surface area contributed by atoms with Crippen LogP contribution in [0.4, 0.5) is 18.9 Å². The first-order valence-corrected chi connectivity index (χ1v) is 16.8. The zero-order valence-corrected chi connectivity index (χ0v) is 28.4. The molecule has 50 heavy (non-hydrogen) atoms. The van der Waals surface area contributed by atoms with Crippen LogP contribution in [0.2, 0.25) is 0 Å². The molecule has 0 N–H and O–H groups in total. The predicted octanol–water partition coefficient (Wildman–Crippen LogP) is 10.4. The lowest BCUT2D eigenvalue weighted by atomic mass is 9.73. The summed E-state index contributed by atoms with van der Waals surface area (Å²) in [7, 11) is 2.04. The van der Waals surface area contributed by atoms with E-state index < -0.39 is 23.6 Å². The number of thiophene rings is 1. The minimum Gasteiger partial charge on any atom is -0.488 e. The highest BCUT2D eigenvalue weighted by atomic mass is 32.1. The average molecular weight is 687 g/mol. The van der Waals surface area contributed by atoms with E-state index in [0.717, 1.165) is 40.4 Å². The Balaban J connectivity index is 1.49.